The van der Waals surface area contributed by atoms with Crippen molar-refractivity contribution in [3.05, 3.63) is 27.1 Å². The third-order valence-electron chi connectivity index (χ3n) is 2.89. The van der Waals surface area contributed by atoms with Crippen molar-refractivity contribution in [3.8, 4) is 0 Å². The van der Waals surface area contributed by atoms with Gasteiger partial charge in [-0.25, -0.2) is 0 Å². The molecule has 5 nitrogen and oxygen atoms in total. The van der Waals surface area contributed by atoms with E-state index in [0.717, 1.165) is 6.07 Å². The molecule has 1 fully saturated rings. The van der Waals surface area contributed by atoms with Gasteiger partial charge in [0.05, 0.1) is 4.92 Å². The van der Waals surface area contributed by atoms with Crippen molar-refractivity contribution in [1.29, 1.82) is 0 Å². The smallest absolute Gasteiger partial charge is 0.314 e. The quantitative estimate of drug-likeness (QED) is 0.686. The summed E-state index contributed by atoms with van der Waals surface area (Å²) in [6.07, 6.45) is -4.43. The molecule has 0 saturated carbocycles. The molecule has 9 heteroatoms. The number of thiophene rings is 1. The van der Waals surface area contributed by atoms with Gasteiger partial charge in [0.2, 0.25) is 0 Å². The van der Waals surface area contributed by atoms with Crippen LogP contribution in [0.2, 0.25) is 0 Å². The van der Waals surface area contributed by atoms with Gasteiger partial charge in [0.15, 0.2) is 0 Å². The van der Waals surface area contributed by atoms with Crippen LogP contribution in [0, 0.1) is 10.1 Å². The van der Waals surface area contributed by atoms with Crippen LogP contribution in [-0.4, -0.2) is 42.2 Å². The first-order valence-corrected chi connectivity index (χ1v) is 6.47. The first-order valence-electron chi connectivity index (χ1n) is 5.65. The summed E-state index contributed by atoms with van der Waals surface area (Å²) in [7, 11) is 0. The van der Waals surface area contributed by atoms with Gasteiger partial charge in [-0.3, -0.25) is 15.0 Å². The molecule has 19 heavy (non-hydrogen) atoms. The zero-order chi connectivity index (χ0) is 14.0. The van der Waals surface area contributed by atoms with Gasteiger partial charge < -0.3 is 5.32 Å². The van der Waals surface area contributed by atoms with Crippen LogP contribution in [0.1, 0.15) is 10.9 Å². The number of nitro groups is 1. The number of rotatable bonds is 3. The van der Waals surface area contributed by atoms with Crippen molar-refractivity contribution in [2.45, 2.75) is 12.2 Å². The second-order valence-electron chi connectivity index (χ2n) is 4.16. The topological polar surface area (TPSA) is 58.4 Å². The van der Waals surface area contributed by atoms with Crippen molar-refractivity contribution < 1.29 is 18.1 Å². The Bertz CT molecular complexity index is 457. The first-order chi connectivity index (χ1) is 8.89. The van der Waals surface area contributed by atoms with E-state index in [4.69, 9.17) is 0 Å². The van der Waals surface area contributed by atoms with E-state index in [2.05, 4.69) is 5.32 Å². The van der Waals surface area contributed by atoms with Crippen LogP contribution in [0.3, 0.4) is 0 Å². The van der Waals surface area contributed by atoms with E-state index in [9.17, 15) is 23.3 Å². The standard InChI is InChI=1S/C10H12F3N3O2S/c11-10(12,13)9(15-5-3-14-4-6-15)7-1-2-8(19-7)16(17)18/h1-2,9,14H,3-6H2/t9-/m1/s1. The molecule has 1 N–H and O–H groups in total. The van der Waals surface area contributed by atoms with E-state index in [1.165, 1.54) is 11.0 Å². The Morgan fingerprint density at radius 3 is 2.47 bits per heavy atom. The fourth-order valence-corrected chi connectivity index (χ4v) is 3.06. The highest BCUT2D eigenvalue weighted by atomic mass is 32.1. The lowest BCUT2D eigenvalue weighted by molar-refractivity contribution is -0.380. The lowest BCUT2D eigenvalue weighted by atomic mass is 10.1. The van der Waals surface area contributed by atoms with E-state index < -0.39 is 17.1 Å². The third-order valence-corrected chi connectivity index (χ3v) is 3.98. The number of nitrogens with zero attached hydrogens (tertiary/aromatic N) is 2. The minimum atomic E-state index is -4.43. The number of piperazine rings is 1. The van der Waals surface area contributed by atoms with Gasteiger partial charge >= 0.3 is 11.2 Å². The molecule has 0 aromatic carbocycles. The Balaban J connectivity index is 2.28. The van der Waals surface area contributed by atoms with Crippen molar-refractivity contribution in [3.63, 3.8) is 0 Å². The van der Waals surface area contributed by atoms with Gasteiger partial charge in [-0.05, 0) is 6.07 Å². The highest BCUT2D eigenvalue weighted by Crippen LogP contribution is 2.42. The molecule has 1 atom stereocenters. The summed E-state index contributed by atoms with van der Waals surface area (Å²) in [5, 5.41) is 13.3. The van der Waals surface area contributed by atoms with Gasteiger partial charge in [-0.15, -0.1) is 0 Å². The average molecular weight is 295 g/mol. The summed E-state index contributed by atoms with van der Waals surface area (Å²) < 4.78 is 39.5. The maximum Gasteiger partial charge on any atom is 0.408 e. The number of hydrogen-bond acceptors (Lipinski definition) is 5. The van der Waals surface area contributed by atoms with Crippen LogP contribution in [0.15, 0.2) is 12.1 Å². The lowest BCUT2D eigenvalue weighted by Gasteiger charge is -2.35. The molecule has 2 rings (SSSR count). The lowest BCUT2D eigenvalue weighted by Crippen LogP contribution is -2.48. The summed E-state index contributed by atoms with van der Waals surface area (Å²) in [4.78, 5) is 11.2. The average Bonchev–Trinajstić information content (AvgIpc) is 2.78. The third kappa shape index (κ3) is 3.23. The van der Waals surface area contributed by atoms with Crippen LogP contribution in [0.25, 0.3) is 0 Å². The number of halogens is 3. The van der Waals surface area contributed by atoms with E-state index in [1.54, 1.807) is 0 Å². The molecule has 0 bridgehead atoms. The van der Waals surface area contributed by atoms with Gasteiger partial charge in [-0.1, -0.05) is 11.3 Å². The molecule has 1 aliphatic rings. The van der Waals surface area contributed by atoms with Crippen molar-refractivity contribution in [1.82, 2.24) is 10.2 Å². The maximum absolute atomic E-state index is 13.2. The molecule has 1 saturated heterocycles. The minimum Gasteiger partial charge on any atom is -0.314 e. The Morgan fingerprint density at radius 2 is 2.00 bits per heavy atom. The van der Waals surface area contributed by atoms with Crippen LogP contribution in [0.4, 0.5) is 18.2 Å². The van der Waals surface area contributed by atoms with Gasteiger partial charge in [0.1, 0.15) is 6.04 Å². The summed E-state index contributed by atoms with van der Waals surface area (Å²) in [5.41, 5.74) is 0. The molecule has 0 amide bonds. The molecule has 1 aromatic heterocycles. The number of hydrogen-bond donors (Lipinski definition) is 1. The largest absolute Gasteiger partial charge is 0.408 e. The van der Waals surface area contributed by atoms with E-state index in [-0.39, 0.29) is 23.0 Å². The maximum atomic E-state index is 13.2. The fourth-order valence-electron chi connectivity index (χ4n) is 2.08. The van der Waals surface area contributed by atoms with Crippen LogP contribution < -0.4 is 5.32 Å². The van der Waals surface area contributed by atoms with Crippen LogP contribution in [0.5, 0.6) is 0 Å². The summed E-state index contributed by atoms with van der Waals surface area (Å²) in [6, 6.07) is 0.567. The first kappa shape index (κ1) is 14.2. The molecule has 0 aliphatic carbocycles. The molecule has 1 aliphatic heterocycles. The number of nitrogens with one attached hydrogen (secondary N) is 1. The molecular formula is C10H12F3N3O2S. The number of alkyl halides is 3. The van der Waals surface area contributed by atoms with Crippen LogP contribution in [-0.2, 0) is 0 Å². The zero-order valence-electron chi connectivity index (χ0n) is 9.81. The van der Waals surface area contributed by atoms with E-state index in [1.807, 2.05) is 0 Å². The molecule has 0 unspecified atom stereocenters. The summed E-state index contributed by atoms with van der Waals surface area (Å²) in [6.45, 7) is 1.52. The normalized spacial score (nSPS) is 19.3. The van der Waals surface area contributed by atoms with E-state index in [0.29, 0.717) is 24.4 Å². The molecule has 0 radical (unpaired) electrons. The zero-order valence-corrected chi connectivity index (χ0v) is 10.6. The Kier molecular flexibility index (Phi) is 4.07. The van der Waals surface area contributed by atoms with Crippen molar-refractivity contribution >= 4 is 16.3 Å². The van der Waals surface area contributed by atoms with Gasteiger partial charge in [-0.2, -0.15) is 13.2 Å². The Morgan fingerprint density at radius 1 is 1.37 bits per heavy atom. The molecular weight excluding hydrogens is 283 g/mol. The van der Waals surface area contributed by atoms with Gasteiger partial charge in [0.25, 0.3) is 0 Å². The summed E-state index contributed by atoms with van der Waals surface area (Å²) in [5.74, 6) is 0. The summed E-state index contributed by atoms with van der Waals surface area (Å²) >= 11 is 0.588. The second-order valence-corrected chi connectivity index (χ2v) is 5.26. The SMILES string of the molecule is O=[N+]([O-])c1ccc([C@@H](N2CCNCC2)C(F)(F)F)s1. The van der Waals surface area contributed by atoms with E-state index >= 15 is 0 Å². The Labute approximate surface area is 111 Å². The van der Waals surface area contributed by atoms with Crippen LogP contribution >= 0.6 is 11.3 Å². The highest BCUT2D eigenvalue weighted by Gasteiger charge is 2.46. The minimum absolute atomic E-state index is 0.0268. The molecule has 0 spiro atoms. The molecule has 2 heterocycles. The predicted molar refractivity (Wildman–Crippen MR) is 64.2 cm³/mol. The van der Waals surface area contributed by atoms with Crippen molar-refractivity contribution in [2.24, 2.45) is 0 Å². The highest BCUT2D eigenvalue weighted by molar-refractivity contribution is 7.15. The second kappa shape index (κ2) is 5.43. The predicted octanol–water partition coefficient (Wildman–Crippen LogP) is 2.16. The fraction of sp³-hybridized carbons (Fsp3) is 0.600. The molecule has 1 aromatic rings. The monoisotopic (exact) mass is 295 g/mol. The molecule has 106 valence electrons. The van der Waals surface area contributed by atoms with Crippen molar-refractivity contribution in [2.75, 3.05) is 26.2 Å². The van der Waals surface area contributed by atoms with Gasteiger partial charge in [0, 0.05) is 37.1 Å². The Hall–Kier alpha value is -1.19.